The van der Waals surface area contributed by atoms with E-state index in [9.17, 15) is 0 Å². The summed E-state index contributed by atoms with van der Waals surface area (Å²) in [5.74, 6) is 0. The molecule has 0 radical (unpaired) electrons. The molecule has 0 amide bonds. The maximum absolute atomic E-state index is 5.99. The second kappa shape index (κ2) is 6.03. The maximum Gasteiger partial charge on any atom is 0.0486 e. The van der Waals surface area contributed by atoms with Crippen LogP contribution in [0.5, 0.6) is 0 Å². The van der Waals surface area contributed by atoms with E-state index in [1.165, 1.54) is 27.7 Å². The molecular formula is C20H21ClN2. The van der Waals surface area contributed by atoms with Gasteiger partial charge in [-0.1, -0.05) is 41.9 Å². The fourth-order valence-electron chi connectivity index (χ4n) is 3.68. The first kappa shape index (κ1) is 14.8. The lowest BCUT2D eigenvalue weighted by atomic mass is 10.1. The third-order valence-corrected chi connectivity index (χ3v) is 5.14. The molecule has 3 heteroatoms. The summed E-state index contributed by atoms with van der Waals surface area (Å²) in [6, 6.07) is 17.1. The van der Waals surface area contributed by atoms with E-state index in [1.54, 1.807) is 0 Å². The fraction of sp³-hybridized carbons (Fsp3) is 0.300. The molecule has 1 aliphatic rings. The van der Waals surface area contributed by atoms with Crippen molar-refractivity contribution in [1.29, 1.82) is 0 Å². The Labute approximate surface area is 142 Å². The molecule has 2 nitrogen and oxygen atoms in total. The number of rotatable bonds is 3. The summed E-state index contributed by atoms with van der Waals surface area (Å²) in [5.41, 5.74) is 5.76. The third kappa shape index (κ3) is 2.77. The second-order valence-electron chi connectivity index (χ2n) is 6.46. The smallest absolute Gasteiger partial charge is 0.0486 e. The first-order valence-corrected chi connectivity index (χ1v) is 8.62. The molecule has 0 saturated heterocycles. The average molecular weight is 325 g/mol. The summed E-state index contributed by atoms with van der Waals surface area (Å²) in [6.07, 6.45) is 2.18. The molecule has 1 aromatic heterocycles. The van der Waals surface area contributed by atoms with Gasteiger partial charge in [0.2, 0.25) is 0 Å². The summed E-state index contributed by atoms with van der Waals surface area (Å²) in [5, 5.41) is 2.23. The van der Waals surface area contributed by atoms with Gasteiger partial charge >= 0.3 is 0 Å². The van der Waals surface area contributed by atoms with Crippen molar-refractivity contribution >= 4 is 22.5 Å². The molecule has 2 aromatic carbocycles. The average Bonchev–Trinajstić information content (AvgIpc) is 2.88. The highest BCUT2D eigenvalue weighted by molar-refractivity contribution is 6.30. The highest BCUT2D eigenvalue weighted by atomic mass is 35.5. The molecule has 0 spiro atoms. The van der Waals surface area contributed by atoms with Gasteiger partial charge in [0.1, 0.15) is 0 Å². The van der Waals surface area contributed by atoms with Crippen molar-refractivity contribution in [2.75, 3.05) is 13.6 Å². The van der Waals surface area contributed by atoms with Gasteiger partial charge in [-0.15, -0.1) is 0 Å². The molecule has 0 saturated carbocycles. The van der Waals surface area contributed by atoms with Crippen LogP contribution in [0.25, 0.3) is 10.9 Å². The van der Waals surface area contributed by atoms with E-state index in [0.717, 1.165) is 37.5 Å². The van der Waals surface area contributed by atoms with E-state index in [-0.39, 0.29) is 0 Å². The number of hydrogen-bond acceptors (Lipinski definition) is 1. The maximum atomic E-state index is 5.99. The highest BCUT2D eigenvalue weighted by Gasteiger charge is 2.21. The van der Waals surface area contributed by atoms with Crippen molar-refractivity contribution in [3.8, 4) is 0 Å². The van der Waals surface area contributed by atoms with E-state index in [0.29, 0.717) is 0 Å². The fourth-order valence-corrected chi connectivity index (χ4v) is 3.81. The Morgan fingerprint density at radius 2 is 1.83 bits per heavy atom. The van der Waals surface area contributed by atoms with Crippen molar-refractivity contribution in [2.24, 2.45) is 0 Å². The van der Waals surface area contributed by atoms with Crippen LogP contribution in [0.1, 0.15) is 16.8 Å². The van der Waals surface area contributed by atoms with E-state index in [2.05, 4.69) is 52.9 Å². The number of para-hydroxylation sites is 1. The molecular weight excluding hydrogens is 304 g/mol. The Kier molecular flexibility index (Phi) is 3.88. The molecule has 0 fully saturated rings. The van der Waals surface area contributed by atoms with Gasteiger partial charge in [0.05, 0.1) is 0 Å². The first-order valence-electron chi connectivity index (χ1n) is 8.24. The van der Waals surface area contributed by atoms with Crippen LogP contribution in [-0.2, 0) is 25.9 Å². The Bertz CT molecular complexity index is 833. The molecule has 23 heavy (non-hydrogen) atoms. The van der Waals surface area contributed by atoms with Crippen molar-refractivity contribution < 1.29 is 0 Å². The number of likely N-dealkylation sites (N-methyl/N-ethyl adjacent to an activating group) is 1. The van der Waals surface area contributed by atoms with Crippen LogP contribution in [0.15, 0.2) is 48.5 Å². The molecule has 0 unspecified atom stereocenters. The number of aryl methyl sites for hydroxylation is 2. The number of halogens is 1. The molecule has 118 valence electrons. The van der Waals surface area contributed by atoms with Gasteiger partial charge in [0.25, 0.3) is 0 Å². The number of hydrogen-bond donors (Lipinski definition) is 0. The Morgan fingerprint density at radius 1 is 1.04 bits per heavy atom. The number of nitrogens with zero attached hydrogens (tertiary/aromatic N) is 2. The zero-order valence-electron chi connectivity index (χ0n) is 13.4. The summed E-state index contributed by atoms with van der Waals surface area (Å²) < 4.78 is 2.53. The van der Waals surface area contributed by atoms with E-state index in [4.69, 9.17) is 11.6 Å². The lowest BCUT2D eigenvalue weighted by Gasteiger charge is -2.24. The van der Waals surface area contributed by atoms with Crippen molar-refractivity contribution in [2.45, 2.75) is 25.9 Å². The largest absolute Gasteiger partial charge is 0.344 e. The Balaban J connectivity index is 1.70. The minimum Gasteiger partial charge on any atom is -0.344 e. The van der Waals surface area contributed by atoms with Crippen LogP contribution in [0.2, 0.25) is 5.02 Å². The number of benzene rings is 2. The van der Waals surface area contributed by atoms with Crippen molar-refractivity contribution in [1.82, 2.24) is 9.47 Å². The van der Waals surface area contributed by atoms with E-state index >= 15 is 0 Å². The third-order valence-electron chi connectivity index (χ3n) is 4.89. The molecule has 0 N–H and O–H groups in total. The zero-order chi connectivity index (χ0) is 15.8. The summed E-state index contributed by atoms with van der Waals surface area (Å²) in [4.78, 5) is 2.41. The predicted octanol–water partition coefficient (Wildman–Crippen LogP) is 4.53. The van der Waals surface area contributed by atoms with Gasteiger partial charge in [-0.25, -0.2) is 0 Å². The SMILES string of the molecule is CN1CCc2c(c3ccccc3n2CCc2ccc(Cl)cc2)C1. The van der Waals surface area contributed by atoms with Crippen LogP contribution in [0.4, 0.5) is 0 Å². The quantitative estimate of drug-likeness (QED) is 0.687. The second-order valence-corrected chi connectivity index (χ2v) is 6.89. The summed E-state index contributed by atoms with van der Waals surface area (Å²) >= 11 is 5.99. The van der Waals surface area contributed by atoms with Gasteiger partial charge in [0.15, 0.2) is 0 Å². The molecule has 4 rings (SSSR count). The highest BCUT2D eigenvalue weighted by Crippen LogP contribution is 2.30. The number of aromatic nitrogens is 1. The minimum atomic E-state index is 0.806. The first-order chi connectivity index (χ1) is 11.2. The minimum absolute atomic E-state index is 0.806. The normalized spacial score (nSPS) is 15.0. The van der Waals surface area contributed by atoms with Gasteiger partial charge in [0, 0.05) is 47.7 Å². The molecule has 1 aliphatic heterocycles. The lowest BCUT2D eigenvalue weighted by Crippen LogP contribution is -2.27. The standard InChI is InChI=1S/C20H21ClN2/c1-22-12-11-20-18(14-22)17-4-2-3-5-19(17)23(20)13-10-15-6-8-16(21)9-7-15/h2-9H,10-14H2,1H3. The van der Waals surface area contributed by atoms with Crippen molar-refractivity contribution in [3.63, 3.8) is 0 Å². The van der Waals surface area contributed by atoms with E-state index < -0.39 is 0 Å². The molecule has 3 aromatic rings. The van der Waals surface area contributed by atoms with Gasteiger partial charge in [-0.2, -0.15) is 0 Å². The summed E-state index contributed by atoms with van der Waals surface area (Å²) in [7, 11) is 2.21. The van der Waals surface area contributed by atoms with Gasteiger partial charge in [-0.3, -0.25) is 0 Å². The zero-order valence-corrected chi connectivity index (χ0v) is 14.2. The van der Waals surface area contributed by atoms with Gasteiger partial charge in [-0.05, 0) is 42.8 Å². The predicted molar refractivity (Wildman–Crippen MR) is 97.1 cm³/mol. The van der Waals surface area contributed by atoms with E-state index in [1.807, 2.05) is 12.1 Å². The van der Waals surface area contributed by atoms with Crippen LogP contribution >= 0.6 is 11.6 Å². The molecule has 0 atom stereocenters. The van der Waals surface area contributed by atoms with Crippen LogP contribution in [0.3, 0.4) is 0 Å². The number of fused-ring (bicyclic) bond motifs is 3. The molecule has 0 bridgehead atoms. The van der Waals surface area contributed by atoms with Crippen LogP contribution < -0.4 is 0 Å². The summed E-state index contributed by atoms with van der Waals surface area (Å²) in [6.45, 7) is 3.23. The Hall–Kier alpha value is -1.77. The van der Waals surface area contributed by atoms with Crippen LogP contribution in [0, 0.1) is 0 Å². The van der Waals surface area contributed by atoms with Crippen molar-refractivity contribution in [3.05, 3.63) is 70.4 Å². The lowest BCUT2D eigenvalue weighted by molar-refractivity contribution is 0.309. The molecule has 0 aliphatic carbocycles. The molecule has 2 heterocycles. The van der Waals surface area contributed by atoms with Crippen LogP contribution in [-0.4, -0.2) is 23.1 Å². The Morgan fingerprint density at radius 3 is 2.65 bits per heavy atom. The topological polar surface area (TPSA) is 8.17 Å². The van der Waals surface area contributed by atoms with Gasteiger partial charge < -0.3 is 9.47 Å². The monoisotopic (exact) mass is 324 g/mol.